The summed E-state index contributed by atoms with van der Waals surface area (Å²) in [6.07, 6.45) is -0.119. The Morgan fingerprint density at radius 3 is 2.44 bits per heavy atom. The Morgan fingerprint density at radius 1 is 1.22 bits per heavy atom. The van der Waals surface area contributed by atoms with Crippen LogP contribution in [0.1, 0.15) is 22.5 Å². The number of ether oxygens (including phenoxy) is 2. The highest BCUT2D eigenvalue weighted by atomic mass is 16.7. The standard InChI is InChI=1S/C13H13NO4/c1-16-13(17-2)11-10(8-15)18-12(14-11)9-6-4-3-5-7-9/h3-8,13H,1-2H3. The molecule has 1 aromatic heterocycles. The summed E-state index contributed by atoms with van der Waals surface area (Å²) in [5.41, 5.74) is 1.13. The number of rotatable bonds is 5. The van der Waals surface area contributed by atoms with Gasteiger partial charge in [0.15, 0.2) is 12.0 Å². The molecule has 5 heteroatoms. The predicted molar refractivity (Wildman–Crippen MR) is 64.1 cm³/mol. The number of hydrogen-bond donors (Lipinski definition) is 0. The molecule has 0 atom stereocenters. The second-order valence-electron chi connectivity index (χ2n) is 3.56. The molecule has 1 heterocycles. The molecule has 94 valence electrons. The SMILES string of the molecule is COC(OC)c1nc(-c2ccccc2)oc1C=O. The molecule has 0 bridgehead atoms. The topological polar surface area (TPSA) is 61.6 Å². The highest BCUT2D eigenvalue weighted by molar-refractivity contribution is 5.73. The van der Waals surface area contributed by atoms with Gasteiger partial charge >= 0.3 is 0 Å². The van der Waals surface area contributed by atoms with Crippen molar-refractivity contribution in [2.24, 2.45) is 0 Å². The van der Waals surface area contributed by atoms with Crippen LogP contribution in [0.25, 0.3) is 11.5 Å². The minimum atomic E-state index is -0.716. The fourth-order valence-corrected chi connectivity index (χ4v) is 1.62. The fraction of sp³-hybridized carbons (Fsp3) is 0.231. The first kappa shape index (κ1) is 12.5. The van der Waals surface area contributed by atoms with Crippen LogP contribution in [0.15, 0.2) is 34.7 Å². The molecule has 0 N–H and O–H groups in total. The van der Waals surface area contributed by atoms with Crippen LogP contribution in [0.2, 0.25) is 0 Å². The van der Waals surface area contributed by atoms with Crippen LogP contribution in [0.3, 0.4) is 0 Å². The van der Waals surface area contributed by atoms with Crippen LogP contribution in [-0.2, 0) is 9.47 Å². The molecule has 0 saturated heterocycles. The van der Waals surface area contributed by atoms with Crippen LogP contribution in [0, 0.1) is 0 Å². The van der Waals surface area contributed by atoms with Gasteiger partial charge in [0.05, 0.1) is 0 Å². The molecule has 1 aromatic carbocycles. The van der Waals surface area contributed by atoms with Crippen LogP contribution in [0.4, 0.5) is 0 Å². The molecule has 0 amide bonds. The first-order chi connectivity index (χ1) is 8.80. The normalized spacial score (nSPS) is 10.8. The highest BCUT2D eigenvalue weighted by Crippen LogP contribution is 2.26. The summed E-state index contributed by atoms with van der Waals surface area (Å²) in [5.74, 6) is 0.481. The lowest BCUT2D eigenvalue weighted by atomic mass is 10.2. The first-order valence-corrected chi connectivity index (χ1v) is 5.37. The van der Waals surface area contributed by atoms with E-state index in [-0.39, 0.29) is 5.76 Å². The lowest BCUT2D eigenvalue weighted by Gasteiger charge is -2.09. The smallest absolute Gasteiger partial charge is 0.227 e. The zero-order chi connectivity index (χ0) is 13.0. The van der Waals surface area contributed by atoms with Crippen molar-refractivity contribution >= 4 is 6.29 Å². The molecule has 0 unspecified atom stereocenters. The predicted octanol–water partition coefficient (Wildman–Crippen LogP) is 2.45. The van der Waals surface area contributed by atoms with Gasteiger partial charge in [-0.3, -0.25) is 4.79 Å². The van der Waals surface area contributed by atoms with Crippen molar-refractivity contribution in [3.63, 3.8) is 0 Å². The van der Waals surface area contributed by atoms with Gasteiger partial charge in [0.25, 0.3) is 0 Å². The molecule has 0 aliphatic carbocycles. The van der Waals surface area contributed by atoms with Gasteiger partial charge < -0.3 is 13.9 Å². The van der Waals surface area contributed by atoms with Gasteiger partial charge in [-0.25, -0.2) is 4.98 Å². The van der Waals surface area contributed by atoms with Crippen molar-refractivity contribution in [2.45, 2.75) is 6.29 Å². The second kappa shape index (κ2) is 5.57. The Balaban J connectivity index is 2.44. The number of oxazole rings is 1. The Morgan fingerprint density at radius 2 is 1.89 bits per heavy atom. The lowest BCUT2D eigenvalue weighted by molar-refractivity contribution is -0.108. The van der Waals surface area contributed by atoms with Crippen molar-refractivity contribution in [1.29, 1.82) is 0 Å². The van der Waals surface area contributed by atoms with E-state index in [0.717, 1.165) is 5.56 Å². The summed E-state index contributed by atoms with van der Waals surface area (Å²) in [5, 5.41) is 0. The van der Waals surface area contributed by atoms with E-state index in [1.165, 1.54) is 14.2 Å². The number of nitrogens with zero attached hydrogens (tertiary/aromatic N) is 1. The quantitative estimate of drug-likeness (QED) is 0.600. The molecule has 2 aromatic rings. The minimum absolute atomic E-state index is 0.113. The van der Waals surface area contributed by atoms with E-state index in [4.69, 9.17) is 13.9 Å². The second-order valence-corrected chi connectivity index (χ2v) is 3.56. The summed E-state index contributed by atoms with van der Waals surface area (Å²) in [7, 11) is 2.94. The number of methoxy groups -OCH3 is 2. The molecule has 2 rings (SSSR count). The first-order valence-electron chi connectivity index (χ1n) is 5.37. The highest BCUT2D eigenvalue weighted by Gasteiger charge is 2.22. The third-order valence-corrected chi connectivity index (χ3v) is 2.46. The number of benzene rings is 1. The molecular formula is C13H13NO4. The van der Waals surface area contributed by atoms with Crippen molar-refractivity contribution in [3.8, 4) is 11.5 Å². The van der Waals surface area contributed by atoms with Gasteiger partial charge in [0, 0.05) is 19.8 Å². The van der Waals surface area contributed by atoms with Crippen molar-refractivity contribution in [3.05, 3.63) is 41.8 Å². The van der Waals surface area contributed by atoms with Crippen LogP contribution in [0.5, 0.6) is 0 Å². The summed E-state index contributed by atoms with van der Waals surface area (Å²) in [4.78, 5) is 15.2. The molecule has 5 nitrogen and oxygen atoms in total. The van der Waals surface area contributed by atoms with E-state index in [1.807, 2.05) is 30.3 Å². The molecule has 0 aliphatic heterocycles. The molecular weight excluding hydrogens is 234 g/mol. The van der Waals surface area contributed by atoms with E-state index in [9.17, 15) is 4.79 Å². The Hall–Kier alpha value is -1.98. The summed E-state index contributed by atoms with van der Waals surface area (Å²) in [6, 6.07) is 9.31. The van der Waals surface area contributed by atoms with E-state index in [1.54, 1.807) is 0 Å². The lowest BCUT2D eigenvalue weighted by Crippen LogP contribution is -2.06. The molecule has 0 spiro atoms. The maximum Gasteiger partial charge on any atom is 0.227 e. The van der Waals surface area contributed by atoms with Gasteiger partial charge in [-0.15, -0.1) is 0 Å². The Kier molecular flexibility index (Phi) is 3.86. The summed E-state index contributed by atoms with van der Waals surface area (Å²) < 4.78 is 15.5. The molecule has 0 fully saturated rings. The van der Waals surface area contributed by atoms with Crippen LogP contribution >= 0.6 is 0 Å². The van der Waals surface area contributed by atoms with Crippen LogP contribution in [-0.4, -0.2) is 25.5 Å². The summed E-state index contributed by atoms with van der Waals surface area (Å²) >= 11 is 0. The van der Waals surface area contributed by atoms with Gasteiger partial charge in [-0.1, -0.05) is 18.2 Å². The van der Waals surface area contributed by atoms with Crippen molar-refractivity contribution < 1.29 is 18.7 Å². The molecule has 0 saturated carbocycles. The average molecular weight is 247 g/mol. The van der Waals surface area contributed by atoms with E-state index in [2.05, 4.69) is 4.98 Å². The largest absolute Gasteiger partial charge is 0.433 e. The maximum atomic E-state index is 11.0. The summed E-state index contributed by atoms with van der Waals surface area (Å²) in [6.45, 7) is 0. The zero-order valence-electron chi connectivity index (χ0n) is 10.1. The Bertz CT molecular complexity index is 517. The molecule has 0 radical (unpaired) electrons. The Labute approximate surface area is 104 Å². The van der Waals surface area contributed by atoms with E-state index >= 15 is 0 Å². The molecule has 0 aliphatic rings. The van der Waals surface area contributed by atoms with Crippen LogP contribution < -0.4 is 0 Å². The third kappa shape index (κ3) is 2.32. The third-order valence-electron chi connectivity index (χ3n) is 2.46. The van der Waals surface area contributed by atoms with Crippen molar-refractivity contribution in [2.75, 3.05) is 14.2 Å². The number of carbonyl (C=O) groups is 1. The minimum Gasteiger partial charge on any atom is -0.433 e. The van der Waals surface area contributed by atoms with Gasteiger partial charge in [0.2, 0.25) is 12.2 Å². The average Bonchev–Trinajstić information content (AvgIpc) is 2.85. The fourth-order valence-electron chi connectivity index (χ4n) is 1.62. The van der Waals surface area contributed by atoms with E-state index < -0.39 is 6.29 Å². The zero-order valence-corrected chi connectivity index (χ0v) is 10.1. The van der Waals surface area contributed by atoms with Crippen molar-refractivity contribution in [1.82, 2.24) is 4.98 Å². The monoisotopic (exact) mass is 247 g/mol. The number of carbonyl (C=O) groups excluding carboxylic acids is 1. The molecule has 18 heavy (non-hydrogen) atoms. The van der Waals surface area contributed by atoms with Gasteiger partial charge in [-0.2, -0.15) is 0 Å². The number of hydrogen-bond acceptors (Lipinski definition) is 5. The van der Waals surface area contributed by atoms with Gasteiger partial charge in [0.1, 0.15) is 5.69 Å². The van der Waals surface area contributed by atoms with Gasteiger partial charge in [-0.05, 0) is 12.1 Å². The number of aromatic nitrogens is 1. The number of aldehydes is 1. The van der Waals surface area contributed by atoms with E-state index in [0.29, 0.717) is 17.9 Å². The maximum absolute atomic E-state index is 11.0.